The summed E-state index contributed by atoms with van der Waals surface area (Å²) in [6.07, 6.45) is 3.30. The fraction of sp³-hybridized carbons (Fsp3) is 0.588. The Kier molecular flexibility index (Phi) is 5.62. The summed E-state index contributed by atoms with van der Waals surface area (Å²) in [5.41, 5.74) is 1.81. The highest BCUT2D eigenvalue weighted by Crippen LogP contribution is 2.19. The van der Waals surface area contributed by atoms with Crippen LogP contribution < -0.4 is 4.90 Å². The second-order valence-electron chi connectivity index (χ2n) is 5.83. The number of rotatable bonds is 5. The van der Waals surface area contributed by atoms with Gasteiger partial charge >= 0.3 is 0 Å². The van der Waals surface area contributed by atoms with Gasteiger partial charge in [0.1, 0.15) is 0 Å². The van der Waals surface area contributed by atoms with Crippen LogP contribution in [0.15, 0.2) is 24.3 Å². The lowest BCUT2D eigenvalue weighted by Gasteiger charge is -2.33. The van der Waals surface area contributed by atoms with E-state index in [1.54, 1.807) is 0 Å². The Morgan fingerprint density at radius 3 is 2.95 bits per heavy atom. The summed E-state index contributed by atoms with van der Waals surface area (Å²) in [6.45, 7) is 4.43. The van der Waals surface area contributed by atoms with E-state index in [-0.39, 0.29) is 12.0 Å². The Balaban J connectivity index is 2.03. The lowest BCUT2D eigenvalue weighted by molar-refractivity contribution is 0.00211. The number of carbonyl (C=O) groups excluding carboxylic acids is 1. The third-order valence-corrected chi connectivity index (χ3v) is 3.83. The zero-order valence-electron chi connectivity index (χ0n) is 13.3. The monoisotopic (exact) mass is 290 g/mol. The lowest BCUT2D eigenvalue weighted by Crippen LogP contribution is -2.43. The first-order chi connectivity index (χ1) is 10.1. The van der Waals surface area contributed by atoms with Gasteiger partial charge in [-0.25, -0.2) is 0 Å². The predicted molar refractivity (Wildman–Crippen MR) is 85.9 cm³/mol. The zero-order chi connectivity index (χ0) is 15.2. The van der Waals surface area contributed by atoms with Crippen molar-refractivity contribution in [2.24, 2.45) is 0 Å². The Morgan fingerprint density at radius 2 is 2.24 bits per heavy atom. The van der Waals surface area contributed by atoms with Gasteiger partial charge in [-0.2, -0.15) is 0 Å². The summed E-state index contributed by atoms with van der Waals surface area (Å²) in [5.74, 6) is 0.114. The van der Waals surface area contributed by atoms with Crippen molar-refractivity contribution in [3.63, 3.8) is 0 Å². The maximum Gasteiger partial charge on any atom is 0.254 e. The van der Waals surface area contributed by atoms with Crippen LogP contribution in [0.5, 0.6) is 0 Å². The molecule has 1 amide bonds. The van der Waals surface area contributed by atoms with E-state index in [1.165, 1.54) is 0 Å². The van der Waals surface area contributed by atoms with Crippen LogP contribution in [0.3, 0.4) is 0 Å². The highest BCUT2D eigenvalue weighted by molar-refractivity contribution is 5.95. The van der Waals surface area contributed by atoms with Crippen LogP contribution in [0.25, 0.3) is 0 Å². The molecule has 1 heterocycles. The number of benzene rings is 1. The molecule has 116 valence electrons. The number of anilines is 1. The van der Waals surface area contributed by atoms with Crippen LogP contribution in [-0.4, -0.2) is 50.7 Å². The molecule has 0 radical (unpaired) electrons. The Hall–Kier alpha value is -1.55. The summed E-state index contributed by atoms with van der Waals surface area (Å²) in [7, 11) is 3.97. The van der Waals surface area contributed by atoms with Crippen LogP contribution in [0.1, 0.15) is 36.5 Å². The molecule has 0 N–H and O–H groups in total. The van der Waals surface area contributed by atoms with Crippen LogP contribution in [-0.2, 0) is 4.74 Å². The number of likely N-dealkylation sites (tertiary alicyclic amines) is 1. The molecule has 0 unspecified atom stereocenters. The molecule has 0 spiro atoms. The molecule has 0 saturated carbocycles. The maximum atomic E-state index is 12.6. The third-order valence-electron chi connectivity index (χ3n) is 3.83. The smallest absolute Gasteiger partial charge is 0.254 e. The van der Waals surface area contributed by atoms with E-state index in [4.69, 9.17) is 4.74 Å². The molecule has 1 atom stereocenters. The number of hydrogen-bond donors (Lipinski definition) is 0. The van der Waals surface area contributed by atoms with E-state index in [1.807, 2.05) is 48.2 Å². The minimum atomic E-state index is 0.114. The van der Waals surface area contributed by atoms with Crippen molar-refractivity contribution >= 4 is 11.6 Å². The highest BCUT2D eigenvalue weighted by Gasteiger charge is 2.24. The van der Waals surface area contributed by atoms with Crippen molar-refractivity contribution in [1.82, 2.24) is 4.90 Å². The van der Waals surface area contributed by atoms with Gasteiger partial charge in [0.05, 0.1) is 6.10 Å². The van der Waals surface area contributed by atoms with Crippen molar-refractivity contribution in [3.8, 4) is 0 Å². The van der Waals surface area contributed by atoms with Gasteiger partial charge < -0.3 is 14.5 Å². The van der Waals surface area contributed by atoms with Crippen LogP contribution in [0, 0.1) is 0 Å². The van der Waals surface area contributed by atoms with Crippen LogP contribution in [0.4, 0.5) is 5.69 Å². The molecule has 1 aliphatic heterocycles. The van der Waals surface area contributed by atoms with E-state index in [0.29, 0.717) is 6.54 Å². The van der Waals surface area contributed by atoms with E-state index in [0.717, 1.165) is 43.7 Å². The van der Waals surface area contributed by atoms with E-state index >= 15 is 0 Å². The molecule has 0 bridgehead atoms. The van der Waals surface area contributed by atoms with Crippen molar-refractivity contribution in [1.29, 1.82) is 0 Å². The van der Waals surface area contributed by atoms with Crippen molar-refractivity contribution in [2.75, 3.05) is 38.7 Å². The first-order valence-corrected chi connectivity index (χ1v) is 7.80. The Bertz CT molecular complexity index is 474. The summed E-state index contributed by atoms with van der Waals surface area (Å²) in [4.78, 5) is 16.6. The number of carbonyl (C=O) groups is 1. The minimum Gasteiger partial charge on any atom is -0.378 e. The van der Waals surface area contributed by atoms with E-state index in [9.17, 15) is 4.79 Å². The maximum absolute atomic E-state index is 12.6. The summed E-state index contributed by atoms with van der Waals surface area (Å²) >= 11 is 0. The molecule has 1 fully saturated rings. The number of hydrogen-bond acceptors (Lipinski definition) is 3. The third kappa shape index (κ3) is 4.21. The molecule has 0 aliphatic carbocycles. The van der Waals surface area contributed by atoms with Crippen molar-refractivity contribution in [2.45, 2.75) is 32.3 Å². The Morgan fingerprint density at radius 1 is 1.43 bits per heavy atom. The normalized spacial score (nSPS) is 18.6. The largest absolute Gasteiger partial charge is 0.378 e. The molecule has 4 heteroatoms. The van der Waals surface area contributed by atoms with Gasteiger partial charge in [-0.1, -0.05) is 13.0 Å². The number of amides is 1. The molecule has 1 saturated heterocycles. The second kappa shape index (κ2) is 7.46. The number of ether oxygens (including phenoxy) is 1. The van der Waals surface area contributed by atoms with Crippen LogP contribution in [0.2, 0.25) is 0 Å². The first kappa shape index (κ1) is 15.8. The fourth-order valence-corrected chi connectivity index (χ4v) is 2.64. The molecule has 1 aromatic rings. The predicted octanol–water partition coefficient (Wildman–Crippen LogP) is 2.78. The molecule has 1 aliphatic rings. The van der Waals surface area contributed by atoms with Gasteiger partial charge in [-0.3, -0.25) is 4.79 Å². The molecule has 0 aromatic heterocycles. The molecule has 1 aromatic carbocycles. The zero-order valence-corrected chi connectivity index (χ0v) is 13.3. The average Bonchev–Trinajstić information content (AvgIpc) is 2.52. The van der Waals surface area contributed by atoms with Gasteiger partial charge in [0.2, 0.25) is 0 Å². The van der Waals surface area contributed by atoms with E-state index < -0.39 is 0 Å². The molecule has 21 heavy (non-hydrogen) atoms. The Labute approximate surface area is 127 Å². The number of nitrogens with zero attached hydrogens (tertiary/aromatic N) is 2. The van der Waals surface area contributed by atoms with Gasteiger partial charge in [-0.05, 0) is 37.5 Å². The summed E-state index contributed by atoms with van der Waals surface area (Å²) in [6, 6.07) is 7.81. The SMILES string of the molecule is CCCO[C@@H]1CCCN(C(=O)c2cccc(N(C)C)c2)C1. The van der Waals surface area contributed by atoms with Crippen LogP contribution >= 0.6 is 0 Å². The number of piperidine rings is 1. The average molecular weight is 290 g/mol. The first-order valence-electron chi connectivity index (χ1n) is 7.80. The van der Waals surface area contributed by atoms with Gasteiger partial charge in [0, 0.05) is 45.0 Å². The van der Waals surface area contributed by atoms with Gasteiger partial charge in [0.15, 0.2) is 0 Å². The highest BCUT2D eigenvalue weighted by atomic mass is 16.5. The van der Waals surface area contributed by atoms with Gasteiger partial charge in [-0.15, -0.1) is 0 Å². The summed E-state index contributed by atoms with van der Waals surface area (Å²) < 4.78 is 5.81. The topological polar surface area (TPSA) is 32.8 Å². The van der Waals surface area contributed by atoms with Gasteiger partial charge in [0.25, 0.3) is 5.91 Å². The van der Waals surface area contributed by atoms with E-state index in [2.05, 4.69) is 6.92 Å². The standard InChI is InChI=1S/C17H26N2O2/c1-4-11-21-16-9-6-10-19(13-16)17(20)14-7-5-8-15(12-14)18(2)3/h5,7-8,12,16H,4,6,9-11,13H2,1-3H3/t16-/m1/s1. The molecule has 2 rings (SSSR count). The molecular weight excluding hydrogens is 264 g/mol. The molecular formula is C17H26N2O2. The lowest BCUT2D eigenvalue weighted by atomic mass is 10.1. The fourth-order valence-electron chi connectivity index (χ4n) is 2.64. The second-order valence-corrected chi connectivity index (χ2v) is 5.83. The van der Waals surface area contributed by atoms with Crippen molar-refractivity contribution < 1.29 is 9.53 Å². The van der Waals surface area contributed by atoms with Crippen molar-refractivity contribution in [3.05, 3.63) is 29.8 Å². The summed E-state index contributed by atoms with van der Waals surface area (Å²) in [5, 5.41) is 0. The quantitative estimate of drug-likeness (QED) is 0.836. The minimum absolute atomic E-state index is 0.114. The molecule has 4 nitrogen and oxygen atoms in total.